The van der Waals surface area contributed by atoms with E-state index in [-0.39, 0.29) is 17.9 Å². The maximum Gasteiger partial charge on any atom is 0.435 e. The number of halogens is 4. The summed E-state index contributed by atoms with van der Waals surface area (Å²) in [6, 6.07) is 14.7. The third-order valence-corrected chi connectivity index (χ3v) is 6.35. The number of ether oxygens (including phenoxy) is 1. The molecule has 1 aliphatic rings. The molecule has 11 heteroatoms. The molecule has 2 aromatic carbocycles. The predicted octanol–water partition coefficient (Wildman–Crippen LogP) is 5.65. The van der Waals surface area contributed by atoms with Crippen LogP contribution in [0.5, 0.6) is 0 Å². The third-order valence-electron chi connectivity index (χ3n) is 6.35. The Morgan fingerprint density at radius 3 is 2.62 bits per heavy atom. The van der Waals surface area contributed by atoms with Crippen LogP contribution in [0.4, 0.5) is 23.2 Å². The van der Waals surface area contributed by atoms with Crippen LogP contribution in [0.3, 0.4) is 0 Å². The van der Waals surface area contributed by atoms with Gasteiger partial charge in [0.15, 0.2) is 5.69 Å². The van der Waals surface area contributed by atoms with E-state index < -0.39 is 35.4 Å². The Kier molecular flexibility index (Phi) is 7.45. The highest BCUT2D eigenvalue weighted by Crippen LogP contribution is 2.35. The Morgan fingerprint density at radius 1 is 1.10 bits per heavy atom. The minimum atomic E-state index is -4.80. The van der Waals surface area contributed by atoms with E-state index in [0.717, 1.165) is 23.1 Å². The Balaban J connectivity index is 1.48. The van der Waals surface area contributed by atoms with Crippen molar-refractivity contribution in [2.45, 2.75) is 31.7 Å². The second-order valence-corrected chi connectivity index (χ2v) is 9.33. The van der Waals surface area contributed by atoms with Crippen LogP contribution in [0.15, 0.2) is 73.1 Å². The fraction of sp³-hybridized carbons (Fsp3) is 0.250. The van der Waals surface area contributed by atoms with Gasteiger partial charge in [-0.3, -0.25) is 9.78 Å². The normalized spacial score (nSPS) is 14.3. The van der Waals surface area contributed by atoms with Crippen molar-refractivity contribution in [1.82, 2.24) is 14.8 Å². The molecular formula is C28H25F4N5O2. The van der Waals surface area contributed by atoms with E-state index in [4.69, 9.17) is 10.5 Å². The van der Waals surface area contributed by atoms with Crippen LogP contribution in [-0.4, -0.2) is 27.3 Å². The zero-order valence-corrected chi connectivity index (χ0v) is 20.7. The number of alkyl halides is 3. The van der Waals surface area contributed by atoms with Crippen LogP contribution in [0.1, 0.15) is 51.8 Å². The predicted molar refractivity (Wildman–Crippen MR) is 136 cm³/mol. The van der Waals surface area contributed by atoms with Crippen LogP contribution in [0.25, 0.3) is 5.69 Å². The first kappa shape index (κ1) is 26.5. The van der Waals surface area contributed by atoms with Gasteiger partial charge in [-0.2, -0.15) is 18.3 Å². The molecule has 1 amide bonds. The largest absolute Gasteiger partial charge is 0.435 e. The first-order chi connectivity index (χ1) is 18.7. The number of pyridine rings is 1. The number of hydrogen-bond acceptors (Lipinski definition) is 5. The number of nitrogens with zero attached hydrogens (tertiary/aromatic N) is 3. The molecule has 1 unspecified atom stereocenters. The number of carbonyl (C=O) groups is 1. The van der Waals surface area contributed by atoms with Gasteiger partial charge in [0, 0.05) is 30.6 Å². The second-order valence-electron chi connectivity index (χ2n) is 9.33. The Morgan fingerprint density at radius 2 is 1.92 bits per heavy atom. The molecule has 0 aliphatic heterocycles. The molecule has 4 aromatic rings. The van der Waals surface area contributed by atoms with Crippen LogP contribution in [-0.2, 0) is 17.5 Å². The average Bonchev–Trinajstić information content (AvgIpc) is 3.64. The van der Waals surface area contributed by atoms with E-state index >= 15 is 0 Å². The molecular weight excluding hydrogens is 514 g/mol. The summed E-state index contributed by atoms with van der Waals surface area (Å²) in [5, 5.41) is 6.03. The average molecular weight is 540 g/mol. The molecule has 3 N–H and O–H groups in total. The van der Waals surface area contributed by atoms with Gasteiger partial charge in [-0.05, 0) is 60.2 Å². The van der Waals surface area contributed by atoms with E-state index in [9.17, 15) is 22.4 Å². The first-order valence-corrected chi connectivity index (χ1v) is 12.3. The molecule has 7 nitrogen and oxygen atoms in total. The molecule has 1 atom stereocenters. The summed E-state index contributed by atoms with van der Waals surface area (Å²) in [7, 11) is 0. The van der Waals surface area contributed by atoms with Crippen molar-refractivity contribution in [3.63, 3.8) is 0 Å². The molecule has 39 heavy (non-hydrogen) atoms. The fourth-order valence-electron chi connectivity index (χ4n) is 4.11. The first-order valence-electron chi connectivity index (χ1n) is 12.3. The monoisotopic (exact) mass is 539 g/mol. The topological polar surface area (TPSA) is 95.1 Å². The number of amides is 1. The van der Waals surface area contributed by atoms with Crippen molar-refractivity contribution < 1.29 is 27.1 Å². The molecule has 0 bridgehead atoms. The van der Waals surface area contributed by atoms with E-state index in [1.54, 1.807) is 36.7 Å². The molecule has 2 heterocycles. The lowest BCUT2D eigenvalue weighted by Crippen LogP contribution is -2.18. The van der Waals surface area contributed by atoms with E-state index in [1.165, 1.54) is 24.3 Å². The highest BCUT2D eigenvalue weighted by molar-refractivity contribution is 6.03. The molecule has 1 aliphatic carbocycles. The van der Waals surface area contributed by atoms with Gasteiger partial charge in [0.1, 0.15) is 17.6 Å². The van der Waals surface area contributed by atoms with Crippen molar-refractivity contribution in [1.29, 1.82) is 0 Å². The number of hydrogen-bond donors (Lipinski definition) is 2. The van der Waals surface area contributed by atoms with Gasteiger partial charge in [0.25, 0.3) is 5.91 Å². The standard InChI is InChI=1S/C28H25F4N5O2/c29-22-9-8-19(26(39-16-17-6-7-17)20-4-2-10-34-15-20)12-23(22)35-27(38)24-13-25(28(30,31)32)36-37(24)21-5-1-3-18(11-21)14-33/h1-5,8-13,15,17,26H,6-7,14,16,33H2,(H,35,38). The van der Waals surface area contributed by atoms with Gasteiger partial charge in [0.05, 0.1) is 18.0 Å². The zero-order valence-electron chi connectivity index (χ0n) is 20.7. The van der Waals surface area contributed by atoms with Gasteiger partial charge in [-0.15, -0.1) is 0 Å². The molecule has 202 valence electrons. The SMILES string of the molecule is NCc1cccc(-n2nc(C(F)(F)F)cc2C(=O)Nc2cc(C(OCC3CC3)c3cccnc3)ccc2F)c1. The van der Waals surface area contributed by atoms with Gasteiger partial charge >= 0.3 is 6.18 Å². The summed E-state index contributed by atoms with van der Waals surface area (Å²) >= 11 is 0. The molecule has 0 saturated heterocycles. The van der Waals surface area contributed by atoms with Crippen LogP contribution in [0.2, 0.25) is 0 Å². The smallest absolute Gasteiger partial charge is 0.368 e. The van der Waals surface area contributed by atoms with Crippen molar-refractivity contribution in [2.75, 3.05) is 11.9 Å². The molecule has 0 radical (unpaired) electrons. The van der Waals surface area contributed by atoms with Crippen molar-refractivity contribution in [3.05, 3.63) is 107 Å². The van der Waals surface area contributed by atoms with Gasteiger partial charge in [0.2, 0.25) is 0 Å². The lowest BCUT2D eigenvalue weighted by atomic mass is 10.0. The van der Waals surface area contributed by atoms with Gasteiger partial charge < -0.3 is 15.8 Å². The lowest BCUT2D eigenvalue weighted by Gasteiger charge is -2.20. The summed E-state index contributed by atoms with van der Waals surface area (Å²) in [6.45, 7) is 0.654. The number of rotatable bonds is 9. The quantitative estimate of drug-likeness (QED) is 0.268. The molecule has 1 fully saturated rings. The van der Waals surface area contributed by atoms with Crippen molar-refractivity contribution in [2.24, 2.45) is 11.7 Å². The zero-order chi connectivity index (χ0) is 27.6. The summed E-state index contributed by atoms with van der Waals surface area (Å²) in [5.74, 6) is -1.26. The fourth-order valence-corrected chi connectivity index (χ4v) is 4.11. The van der Waals surface area contributed by atoms with Gasteiger partial charge in [-0.25, -0.2) is 9.07 Å². The molecule has 2 aromatic heterocycles. The maximum atomic E-state index is 14.9. The Labute approximate surface area is 221 Å². The van der Waals surface area contributed by atoms with Crippen molar-refractivity contribution in [3.8, 4) is 5.69 Å². The summed E-state index contributed by atoms with van der Waals surface area (Å²) in [4.78, 5) is 17.4. The van der Waals surface area contributed by atoms with Crippen LogP contribution >= 0.6 is 0 Å². The summed E-state index contributed by atoms with van der Waals surface area (Å²) in [5.41, 5.74) is 5.92. The Bertz CT molecular complexity index is 1470. The summed E-state index contributed by atoms with van der Waals surface area (Å²) < 4.78 is 62.5. The lowest BCUT2D eigenvalue weighted by molar-refractivity contribution is -0.141. The number of benzene rings is 2. The van der Waals surface area contributed by atoms with Gasteiger partial charge in [-0.1, -0.05) is 24.3 Å². The number of nitrogens with one attached hydrogen (secondary N) is 1. The Hall–Kier alpha value is -4.09. The van der Waals surface area contributed by atoms with E-state index in [1.807, 2.05) is 6.07 Å². The van der Waals surface area contributed by atoms with Crippen LogP contribution < -0.4 is 11.1 Å². The van der Waals surface area contributed by atoms with E-state index in [2.05, 4.69) is 15.4 Å². The number of nitrogens with two attached hydrogens (primary N) is 1. The highest BCUT2D eigenvalue weighted by Gasteiger charge is 2.36. The van der Waals surface area contributed by atoms with Crippen LogP contribution in [0, 0.1) is 11.7 Å². The third kappa shape index (κ3) is 6.15. The molecule has 5 rings (SSSR count). The number of aromatic nitrogens is 3. The second kappa shape index (κ2) is 11.0. The highest BCUT2D eigenvalue weighted by atomic mass is 19.4. The minimum Gasteiger partial charge on any atom is -0.368 e. The summed E-state index contributed by atoms with van der Waals surface area (Å²) in [6.07, 6.45) is 0.0492. The van der Waals surface area contributed by atoms with Crippen molar-refractivity contribution >= 4 is 11.6 Å². The maximum absolute atomic E-state index is 14.9. The number of anilines is 1. The van der Waals surface area contributed by atoms with E-state index in [0.29, 0.717) is 29.7 Å². The number of carbonyl (C=O) groups excluding carboxylic acids is 1. The molecule has 1 saturated carbocycles. The molecule has 0 spiro atoms. The minimum absolute atomic E-state index is 0.141.